The molecule has 3 rings (SSSR count). The molecule has 120 valence electrons. The second kappa shape index (κ2) is 7.97. The molecule has 0 saturated heterocycles. The molecular weight excluding hydrogens is 298 g/mol. The fraction of sp³-hybridized carbons (Fsp3) is 0.0952. The molecule has 3 nitrogen and oxygen atoms in total. The van der Waals surface area contributed by atoms with Crippen LogP contribution in [0.4, 0.5) is 0 Å². The lowest BCUT2D eigenvalue weighted by Gasteiger charge is -2.07. The van der Waals surface area contributed by atoms with E-state index in [-0.39, 0.29) is 5.91 Å². The molecule has 3 heteroatoms. The molecule has 0 aliphatic rings. The van der Waals surface area contributed by atoms with E-state index in [4.69, 9.17) is 4.74 Å². The smallest absolute Gasteiger partial charge is 0.244 e. The van der Waals surface area contributed by atoms with Crippen molar-refractivity contribution in [3.8, 4) is 5.75 Å². The average molecular weight is 317 g/mol. The number of hydrogen-bond donors (Lipinski definition) is 1. The van der Waals surface area contributed by atoms with Crippen LogP contribution in [-0.4, -0.2) is 19.1 Å². The van der Waals surface area contributed by atoms with Crippen molar-refractivity contribution in [1.29, 1.82) is 0 Å². The number of hydrogen-bond acceptors (Lipinski definition) is 2. The number of nitrogens with one attached hydrogen (secondary N) is 1. The maximum Gasteiger partial charge on any atom is 0.244 e. The molecular formula is C21H19NO2. The first kappa shape index (κ1) is 15.8. The Balaban J connectivity index is 1.44. The topological polar surface area (TPSA) is 38.3 Å². The van der Waals surface area contributed by atoms with Gasteiger partial charge in [0.1, 0.15) is 12.4 Å². The van der Waals surface area contributed by atoms with E-state index < -0.39 is 0 Å². The van der Waals surface area contributed by atoms with Gasteiger partial charge in [-0.05, 0) is 34.5 Å². The SMILES string of the molecule is O=C(/C=C/c1ccccc1)NCCOc1ccc2ccccc2c1. The molecule has 1 N–H and O–H groups in total. The Morgan fingerprint density at radius 1 is 0.917 bits per heavy atom. The number of carbonyl (C=O) groups excluding carboxylic acids is 1. The quantitative estimate of drug-likeness (QED) is 0.550. The standard InChI is InChI=1S/C21H19NO2/c23-21(13-10-17-6-2-1-3-7-17)22-14-15-24-20-12-11-18-8-4-5-9-19(18)16-20/h1-13,16H,14-15H2,(H,22,23)/b13-10+. The normalized spacial score (nSPS) is 10.8. The van der Waals surface area contributed by atoms with Crippen molar-refractivity contribution in [2.45, 2.75) is 0 Å². The van der Waals surface area contributed by atoms with E-state index in [9.17, 15) is 4.79 Å². The van der Waals surface area contributed by atoms with Gasteiger partial charge in [-0.25, -0.2) is 0 Å². The van der Waals surface area contributed by atoms with E-state index in [1.807, 2.05) is 60.7 Å². The van der Waals surface area contributed by atoms with E-state index in [0.717, 1.165) is 16.7 Å². The number of benzene rings is 3. The molecule has 0 heterocycles. The molecule has 0 aliphatic carbocycles. The van der Waals surface area contributed by atoms with E-state index >= 15 is 0 Å². The molecule has 0 fully saturated rings. The molecule has 0 saturated carbocycles. The highest BCUT2D eigenvalue weighted by Gasteiger charge is 1.98. The molecule has 0 aromatic heterocycles. The lowest BCUT2D eigenvalue weighted by atomic mass is 10.1. The fourth-order valence-electron chi connectivity index (χ4n) is 2.40. The largest absolute Gasteiger partial charge is 0.492 e. The first-order valence-electron chi connectivity index (χ1n) is 7.94. The van der Waals surface area contributed by atoms with Crippen molar-refractivity contribution in [1.82, 2.24) is 5.32 Å². The molecule has 1 amide bonds. The number of carbonyl (C=O) groups is 1. The summed E-state index contributed by atoms with van der Waals surface area (Å²) in [7, 11) is 0. The summed E-state index contributed by atoms with van der Waals surface area (Å²) in [5.74, 6) is 0.684. The van der Waals surface area contributed by atoms with Crippen LogP contribution in [0.15, 0.2) is 78.9 Å². The van der Waals surface area contributed by atoms with Crippen LogP contribution in [0.25, 0.3) is 16.8 Å². The molecule has 3 aromatic carbocycles. The molecule has 3 aromatic rings. The third-order valence-electron chi connectivity index (χ3n) is 3.62. The van der Waals surface area contributed by atoms with Crippen molar-refractivity contribution in [2.24, 2.45) is 0 Å². The van der Waals surface area contributed by atoms with E-state index in [1.165, 1.54) is 11.5 Å². The molecule has 0 unspecified atom stereocenters. The predicted molar refractivity (Wildman–Crippen MR) is 97.9 cm³/mol. The van der Waals surface area contributed by atoms with Crippen LogP contribution in [-0.2, 0) is 4.79 Å². The maximum absolute atomic E-state index is 11.7. The van der Waals surface area contributed by atoms with Crippen LogP contribution < -0.4 is 10.1 Å². The summed E-state index contributed by atoms with van der Waals surface area (Å²) in [6.07, 6.45) is 3.32. The molecule has 0 aliphatic heterocycles. The number of ether oxygens (including phenoxy) is 1. The van der Waals surface area contributed by atoms with Gasteiger partial charge in [0.15, 0.2) is 0 Å². The van der Waals surface area contributed by atoms with Gasteiger partial charge in [0.25, 0.3) is 0 Å². The predicted octanol–water partition coefficient (Wildman–Crippen LogP) is 4.05. The van der Waals surface area contributed by atoms with Crippen molar-refractivity contribution in [3.63, 3.8) is 0 Å². The first-order chi connectivity index (χ1) is 11.8. The highest BCUT2D eigenvalue weighted by atomic mass is 16.5. The second-order valence-corrected chi connectivity index (χ2v) is 5.39. The third-order valence-corrected chi connectivity index (χ3v) is 3.62. The molecule has 0 atom stereocenters. The summed E-state index contributed by atoms with van der Waals surface area (Å²) >= 11 is 0. The summed E-state index contributed by atoms with van der Waals surface area (Å²) in [6.45, 7) is 0.897. The Labute approximate surface area is 141 Å². The van der Waals surface area contributed by atoms with Gasteiger partial charge in [-0.1, -0.05) is 60.7 Å². The highest BCUT2D eigenvalue weighted by Crippen LogP contribution is 2.20. The van der Waals surface area contributed by atoms with Gasteiger partial charge in [0.05, 0.1) is 6.54 Å². The van der Waals surface area contributed by atoms with Crippen LogP contribution in [0.3, 0.4) is 0 Å². The highest BCUT2D eigenvalue weighted by molar-refractivity contribution is 5.91. The molecule has 0 spiro atoms. The average Bonchev–Trinajstić information content (AvgIpc) is 2.64. The van der Waals surface area contributed by atoms with Gasteiger partial charge in [0, 0.05) is 6.08 Å². The van der Waals surface area contributed by atoms with E-state index in [1.54, 1.807) is 6.08 Å². The third kappa shape index (κ3) is 4.46. The van der Waals surface area contributed by atoms with Gasteiger partial charge >= 0.3 is 0 Å². The van der Waals surface area contributed by atoms with Crippen LogP contribution >= 0.6 is 0 Å². The number of amides is 1. The van der Waals surface area contributed by atoms with Gasteiger partial charge in [-0.3, -0.25) is 4.79 Å². The summed E-state index contributed by atoms with van der Waals surface area (Å²) in [5, 5.41) is 5.14. The van der Waals surface area contributed by atoms with Gasteiger partial charge in [0.2, 0.25) is 5.91 Å². The minimum absolute atomic E-state index is 0.124. The number of rotatable bonds is 6. The van der Waals surface area contributed by atoms with Crippen LogP contribution in [0, 0.1) is 0 Å². The lowest BCUT2D eigenvalue weighted by Crippen LogP contribution is -2.26. The van der Waals surface area contributed by atoms with Crippen LogP contribution in [0.1, 0.15) is 5.56 Å². The molecule has 0 radical (unpaired) electrons. The Bertz CT molecular complexity index is 841. The van der Waals surface area contributed by atoms with Crippen molar-refractivity contribution in [2.75, 3.05) is 13.2 Å². The Morgan fingerprint density at radius 2 is 1.67 bits per heavy atom. The van der Waals surface area contributed by atoms with Gasteiger partial charge in [-0.15, -0.1) is 0 Å². The minimum atomic E-state index is -0.124. The zero-order valence-electron chi connectivity index (χ0n) is 13.3. The van der Waals surface area contributed by atoms with Crippen molar-refractivity contribution >= 4 is 22.8 Å². The van der Waals surface area contributed by atoms with Crippen LogP contribution in [0.5, 0.6) is 5.75 Å². The lowest BCUT2D eigenvalue weighted by molar-refractivity contribution is -0.116. The van der Waals surface area contributed by atoms with Crippen molar-refractivity contribution < 1.29 is 9.53 Å². The van der Waals surface area contributed by atoms with E-state index in [0.29, 0.717) is 13.2 Å². The maximum atomic E-state index is 11.7. The summed E-state index contributed by atoms with van der Waals surface area (Å²) in [4.78, 5) is 11.7. The first-order valence-corrected chi connectivity index (χ1v) is 7.94. The minimum Gasteiger partial charge on any atom is -0.492 e. The zero-order valence-corrected chi connectivity index (χ0v) is 13.3. The Kier molecular flexibility index (Phi) is 5.25. The second-order valence-electron chi connectivity index (χ2n) is 5.39. The Morgan fingerprint density at radius 3 is 2.50 bits per heavy atom. The van der Waals surface area contributed by atoms with Crippen molar-refractivity contribution in [3.05, 3.63) is 84.4 Å². The number of fused-ring (bicyclic) bond motifs is 1. The van der Waals surface area contributed by atoms with Crippen LogP contribution in [0.2, 0.25) is 0 Å². The monoisotopic (exact) mass is 317 g/mol. The fourth-order valence-corrected chi connectivity index (χ4v) is 2.40. The van der Waals surface area contributed by atoms with E-state index in [2.05, 4.69) is 17.4 Å². The summed E-state index contributed by atoms with van der Waals surface area (Å²) < 4.78 is 5.69. The van der Waals surface area contributed by atoms with Gasteiger partial charge in [-0.2, -0.15) is 0 Å². The molecule has 24 heavy (non-hydrogen) atoms. The zero-order chi connectivity index (χ0) is 16.6. The molecule has 0 bridgehead atoms. The summed E-state index contributed by atoms with van der Waals surface area (Å²) in [5.41, 5.74) is 1.00. The summed E-state index contributed by atoms with van der Waals surface area (Å²) in [6, 6.07) is 23.9. The Hall–Kier alpha value is -3.07. The van der Waals surface area contributed by atoms with Gasteiger partial charge < -0.3 is 10.1 Å².